The molecule has 0 saturated heterocycles. The summed E-state index contributed by atoms with van der Waals surface area (Å²) >= 11 is 0. The number of hydrogen-bond donors (Lipinski definition) is 2. The van der Waals surface area contributed by atoms with Crippen molar-refractivity contribution >= 4 is 29.9 Å². The molecule has 2 aromatic rings. The molecule has 152 valence electrons. The molecular formula is C21H28IN3O3. The number of nitrogens with zero attached hydrogens (tertiary/aromatic N) is 1. The van der Waals surface area contributed by atoms with Gasteiger partial charge in [-0.1, -0.05) is 12.1 Å². The second-order valence-electron chi connectivity index (χ2n) is 6.32. The lowest BCUT2D eigenvalue weighted by atomic mass is 10.1. The highest BCUT2D eigenvalue weighted by molar-refractivity contribution is 14.0. The standard InChI is InChI=1S/C21H27N3O3.HI/c1-22-21(24-14-17-5-6-18(25-2)13-20(17)26-3)23-10-8-15-4-7-19-16(12-15)9-11-27-19;/h4-7,12-13H,8-11,14H2,1-3H3,(H2,22,23,24);1H. The van der Waals surface area contributed by atoms with Gasteiger partial charge in [-0.25, -0.2) is 0 Å². The molecule has 1 heterocycles. The van der Waals surface area contributed by atoms with Crippen LogP contribution < -0.4 is 24.8 Å². The van der Waals surface area contributed by atoms with E-state index < -0.39 is 0 Å². The molecule has 0 atom stereocenters. The summed E-state index contributed by atoms with van der Waals surface area (Å²) in [6, 6.07) is 12.2. The van der Waals surface area contributed by atoms with Gasteiger partial charge in [0, 0.05) is 38.2 Å². The minimum atomic E-state index is 0. The summed E-state index contributed by atoms with van der Waals surface area (Å²) < 4.78 is 16.2. The van der Waals surface area contributed by atoms with Crippen molar-refractivity contribution in [3.8, 4) is 17.2 Å². The largest absolute Gasteiger partial charge is 0.497 e. The average molecular weight is 497 g/mol. The van der Waals surface area contributed by atoms with E-state index >= 15 is 0 Å². The number of guanidine groups is 1. The third-order valence-corrected chi connectivity index (χ3v) is 4.62. The first-order valence-electron chi connectivity index (χ1n) is 9.13. The van der Waals surface area contributed by atoms with Crippen LogP contribution in [0.15, 0.2) is 41.4 Å². The maximum atomic E-state index is 5.56. The summed E-state index contributed by atoms with van der Waals surface area (Å²) in [4.78, 5) is 4.29. The second kappa shape index (κ2) is 11.0. The van der Waals surface area contributed by atoms with Crippen LogP contribution in [-0.2, 0) is 19.4 Å². The Labute approximate surface area is 183 Å². The van der Waals surface area contributed by atoms with Crippen molar-refractivity contribution in [3.63, 3.8) is 0 Å². The van der Waals surface area contributed by atoms with Gasteiger partial charge in [0.05, 0.1) is 20.8 Å². The van der Waals surface area contributed by atoms with Crippen LogP contribution in [0.5, 0.6) is 17.2 Å². The fourth-order valence-corrected chi connectivity index (χ4v) is 3.12. The molecule has 1 aliphatic heterocycles. The number of ether oxygens (including phenoxy) is 3. The average Bonchev–Trinajstić information content (AvgIpc) is 3.18. The van der Waals surface area contributed by atoms with Crippen LogP contribution in [0.25, 0.3) is 0 Å². The first-order valence-corrected chi connectivity index (χ1v) is 9.13. The van der Waals surface area contributed by atoms with Crippen molar-refractivity contribution in [2.24, 2.45) is 4.99 Å². The summed E-state index contributed by atoms with van der Waals surface area (Å²) in [5, 5.41) is 6.68. The molecule has 28 heavy (non-hydrogen) atoms. The van der Waals surface area contributed by atoms with Crippen LogP contribution in [0, 0.1) is 0 Å². The molecule has 0 aliphatic carbocycles. The highest BCUT2D eigenvalue weighted by Gasteiger charge is 2.12. The van der Waals surface area contributed by atoms with Gasteiger partial charge in [0.15, 0.2) is 5.96 Å². The van der Waals surface area contributed by atoms with Crippen molar-refractivity contribution in [2.45, 2.75) is 19.4 Å². The Balaban J connectivity index is 0.00000280. The third kappa shape index (κ3) is 5.67. The lowest BCUT2D eigenvalue weighted by Gasteiger charge is -2.14. The van der Waals surface area contributed by atoms with Crippen molar-refractivity contribution in [1.29, 1.82) is 0 Å². The number of nitrogens with one attached hydrogen (secondary N) is 2. The third-order valence-electron chi connectivity index (χ3n) is 4.62. The zero-order chi connectivity index (χ0) is 19.1. The van der Waals surface area contributed by atoms with Gasteiger partial charge < -0.3 is 24.8 Å². The molecule has 2 N–H and O–H groups in total. The van der Waals surface area contributed by atoms with Crippen molar-refractivity contribution in [3.05, 3.63) is 53.1 Å². The molecular weight excluding hydrogens is 469 g/mol. The van der Waals surface area contributed by atoms with Crippen LogP contribution in [0.1, 0.15) is 16.7 Å². The summed E-state index contributed by atoms with van der Waals surface area (Å²) in [6.07, 6.45) is 1.93. The SMILES string of the molecule is CN=C(NCCc1ccc2c(c1)CCO2)NCc1ccc(OC)cc1OC.I. The minimum absolute atomic E-state index is 0. The van der Waals surface area contributed by atoms with E-state index in [1.165, 1.54) is 11.1 Å². The summed E-state index contributed by atoms with van der Waals surface area (Å²) in [6.45, 7) is 2.21. The Bertz CT molecular complexity index is 811. The maximum absolute atomic E-state index is 5.56. The molecule has 7 heteroatoms. The van der Waals surface area contributed by atoms with E-state index in [2.05, 4.69) is 33.8 Å². The van der Waals surface area contributed by atoms with Crippen LogP contribution in [0.4, 0.5) is 0 Å². The van der Waals surface area contributed by atoms with Crippen LogP contribution in [-0.4, -0.2) is 40.4 Å². The van der Waals surface area contributed by atoms with Gasteiger partial charge in [0.25, 0.3) is 0 Å². The number of benzene rings is 2. The highest BCUT2D eigenvalue weighted by atomic mass is 127. The fraction of sp³-hybridized carbons (Fsp3) is 0.381. The van der Waals surface area contributed by atoms with Crippen molar-refractivity contribution < 1.29 is 14.2 Å². The molecule has 0 aromatic heterocycles. The Morgan fingerprint density at radius 2 is 1.96 bits per heavy atom. The van der Waals surface area contributed by atoms with Crippen LogP contribution >= 0.6 is 24.0 Å². The quantitative estimate of drug-likeness (QED) is 0.350. The molecule has 0 radical (unpaired) electrons. The van der Waals surface area contributed by atoms with E-state index in [0.29, 0.717) is 6.54 Å². The molecule has 6 nitrogen and oxygen atoms in total. The lowest BCUT2D eigenvalue weighted by Crippen LogP contribution is -2.37. The molecule has 0 spiro atoms. The minimum Gasteiger partial charge on any atom is -0.497 e. The second-order valence-corrected chi connectivity index (χ2v) is 6.32. The molecule has 0 fully saturated rings. The Morgan fingerprint density at radius 1 is 1.11 bits per heavy atom. The highest BCUT2D eigenvalue weighted by Crippen LogP contribution is 2.26. The van der Waals surface area contributed by atoms with Gasteiger partial charge in [-0.2, -0.15) is 0 Å². The Kier molecular flexibility index (Phi) is 8.69. The summed E-state index contributed by atoms with van der Waals surface area (Å²) in [7, 11) is 5.08. The Hall–Kier alpha value is -2.16. The van der Waals surface area contributed by atoms with E-state index in [1.54, 1.807) is 21.3 Å². The monoisotopic (exact) mass is 497 g/mol. The van der Waals surface area contributed by atoms with Gasteiger partial charge in [0.1, 0.15) is 17.2 Å². The molecule has 0 bridgehead atoms. The first-order chi connectivity index (χ1) is 13.2. The van der Waals surface area contributed by atoms with Gasteiger partial charge in [-0.05, 0) is 35.7 Å². The van der Waals surface area contributed by atoms with E-state index in [9.17, 15) is 0 Å². The molecule has 1 aliphatic rings. The molecule has 0 saturated carbocycles. The van der Waals surface area contributed by atoms with Gasteiger partial charge >= 0.3 is 0 Å². The van der Waals surface area contributed by atoms with E-state index in [1.807, 2.05) is 18.2 Å². The lowest BCUT2D eigenvalue weighted by molar-refractivity contribution is 0.357. The molecule has 0 amide bonds. The predicted octanol–water partition coefficient (Wildman–Crippen LogP) is 3.16. The normalized spacial score (nSPS) is 12.5. The van der Waals surface area contributed by atoms with Crippen molar-refractivity contribution in [2.75, 3.05) is 34.4 Å². The van der Waals surface area contributed by atoms with Crippen molar-refractivity contribution in [1.82, 2.24) is 10.6 Å². The smallest absolute Gasteiger partial charge is 0.191 e. The maximum Gasteiger partial charge on any atom is 0.191 e. The summed E-state index contributed by atoms with van der Waals surface area (Å²) in [5.74, 6) is 3.35. The van der Waals surface area contributed by atoms with E-state index in [4.69, 9.17) is 14.2 Å². The topological polar surface area (TPSA) is 64.1 Å². The number of fused-ring (bicyclic) bond motifs is 1. The fourth-order valence-electron chi connectivity index (χ4n) is 3.12. The van der Waals surface area contributed by atoms with Gasteiger partial charge in [-0.15, -0.1) is 24.0 Å². The molecule has 0 unspecified atom stereocenters. The van der Waals surface area contributed by atoms with E-state index in [0.717, 1.165) is 54.8 Å². The first kappa shape index (κ1) is 22.1. The van der Waals surface area contributed by atoms with Gasteiger partial charge in [0.2, 0.25) is 0 Å². The van der Waals surface area contributed by atoms with E-state index in [-0.39, 0.29) is 24.0 Å². The molecule has 2 aromatic carbocycles. The number of aliphatic imine (C=N–C) groups is 1. The number of halogens is 1. The number of methoxy groups -OCH3 is 2. The van der Waals surface area contributed by atoms with Crippen LogP contribution in [0.2, 0.25) is 0 Å². The zero-order valence-electron chi connectivity index (χ0n) is 16.6. The number of hydrogen-bond acceptors (Lipinski definition) is 4. The number of rotatable bonds is 7. The zero-order valence-corrected chi connectivity index (χ0v) is 18.9. The van der Waals surface area contributed by atoms with Crippen LogP contribution in [0.3, 0.4) is 0 Å². The predicted molar refractivity (Wildman–Crippen MR) is 123 cm³/mol. The summed E-state index contributed by atoms with van der Waals surface area (Å²) in [5.41, 5.74) is 3.65. The molecule has 3 rings (SSSR count). The Morgan fingerprint density at radius 3 is 2.71 bits per heavy atom. The van der Waals surface area contributed by atoms with Gasteiger partial charge in [-0.3, -0.25) is 4.99 Å².